The van der Waals surface area contributed by atoms with Crippen LogP contribution >= 0.6 is 0 Å². The van der Waals surface area contributed by atoms with Gasteiger partial charge in [0, 0.05) is 13.2 Å². The molecule has 1 amide bonds. The molecule has 1 fully saturated rings. The first-order chi connectivity index (χ1) is 10.1. The molecule has 0 aliphatic heterocycles. The summed E-state index contributed by atoms with van der Waals surface area (Å²) in [6.07, 6.45) is 0.835. The lowest BCUT2D eigenvalue weighted by Crippen LogP contribution is -2.26. The number of carboxylic acids is 1. The summed E-state index contributed by atoms with van der Waals surface area (Å²) in [4.78, 5) is 22.3. The number of nitrogens with one attached hydrogen (secondary N) is 1. The summed E-state index contributed by atoms with van der Waals surface area (Å²) in [6.45, 7) is 2.54. The summed E-state index contributed by atoms with van der Waals surface area (Å²) in [5, 5.41) is 11.4. The predicted octanol–water partition coefficient (Wildman–Crippen LogP) is 1.19. The lowest BCUT2D eigenvalue weighted by molar-refractivity contribution is -0.139. The molecule has 6 heteroatoms. The van der Waals surface area contributed by atoms with Gasteiger partial charge in [-0.05, 0) is 31.0 Å². The smallest absolute Gasteiger partial charge is 0.341 e. The fourth-order valence-corrected chi connectivity index (χ4v) is 2.06. The maximum absolute atomic E-state index is 11.9. The fraction of sp³-hybridized carbons (Fsp3) is 0.467. The number of hydrogen-bond donors (Lipinski definition) is 2. The van der Waals surface area contributed by atoms with E-state index < -0.39 is 5.97 Å². The number of carboxylic acid groups (broad SMARTS) is 1. The Morgan fingerprint density at radius 3 is 2.95 bits per heavy atom. The van der Waals surface area contributed by atoms with Crippen LogP contribution in [-0.4, -0.2) is 36.3 Å². The van der Waals surface area contributed by atoms with E-state index in [2.05, 4.69) is 5.32 Å². The first-order valence-electron chi connectivity index (χ1n) is 6.93. The van der Waals surface area contributed by atoms with E-state index in [9.17, 15) is 9.59 Å². The van der Waals surface area contributed by atoms with Crippen molar-refractivity contribution in [2.45, 2.75) is 26.0 Å². The minimum Gasteiger partial charge on any atom is -0.482 e. The molecule has 0 heterocycles. The van der Waals surface area contributed by atoms with Gasteiger partial charge in [0.25, 0.3) is 0 Å². The maximum Gasteiger partial charge on any atom is 0.341 e. The van der Waals surface area contributed by atoms with Crippen LogP contribution in [0, 0.1) is 5.92 Å². The van der Waals surface area contributed by atoms with Crippen molar-refractivity contribution in [2.75, 3.05) is 13.2 Å². The van der Waals surface area contributed by atoms with Crippen molar-refractivity contribution in [3.8, 4) is 5.75 Å². The molecule has 0 aromatic heterocycles. The standard InChI is InChI=1S/C15H19NO5/c1-2-20-13-7-12(13)15(19)16-8-10-4-3-5-11(6-10)21-9-14(17)18/h3-6,12-13H,2,7-9H2,1H3,(H,16,19)(H,17,18)/t12-,13+/m1/s1. The zero-order valence-corrected chi connectivity index (χ0v) is 11.9. The Morgan fingerprint density at radius 1 is 1.43 bits per heavy atom. The van der Waals surface area contributed by atoms with Crippen LogP contribution < -0.4 is 10.1 Å². The number of aliphatic carboxylic acids is 1. The van der Waals surface area contributed by atoms with E-state index in [-0.39, 0.29) is 24.5 Å². The monoisotopic (exact) mass is 293 g/mol. The Labute approximate surface area is 123 Å². The molecule has 1 aromatic rings. The SMILES string of the molecule is CCO[C@H]1C[C@H]1C(=O)NCc1cccc(OCC(=O)O)c1. The van der Waals surface area contributed by atoms with Gasteiger partial charge in [-0.1, -0.05) is 12.1 Å². The lowest BCUT2D eigenvalue weighted by atomic mass is 10.2. The second-order valence-corrected chi connectivity index (χ2v) is 4.88. The number of carbonyl (C=O) groups excluding carboxylic acids is 1. The second-order valence-electron chi connectivity index (χ2n) is 4.88. The summed E-state index contributed by atoms with van der Waals surface area (Å²) in [5.74, 6) is -0.603. The van der Waals surface area contributed by atoms with E-state index in [0.29, 0.717) is 18.9 Å². The number of carbonyl (C=O) groups is 2. The van der Waals surface area contributed by atoms with Gasteiger partial charge in [-0.3, -0.25) is 4.79 Å². The Kier molecular flexibility index (Phi) is 5.16. The molecule has 2 rings (SSSR count). The van der Waals surface area contributed by atoms with Crippen molar-refractivity contribution in [2.24, 2.45) is 5.92 Å². The summed E-state index contributed by atoms with van der Waals surface area (Å²) >= 11 is 0. The Hall–Kier alpha value is -2.08. The van der Waals surface area contributed by atoms with Crippen LogP contribution in [0.4, 0.5) is 0 Å². The van der Waals surface area contributed by atoms with Crippen LogP contribution in [0.1, 0.15) is 18.9 Å². The first-order valence-corrected chi connectivity index (χ1v) is 6.93. The second kappa shape index (κ2) is 7.08. The Morgan fingerprint density at radius 2 is 2.24 bits per heavy atom. The summed E-state index contributed by atoms with van der Waals surface area (Å²) in [6, 6.07) is 7.01. The number of benzene rings is 1. The Bertz CT molecular complexity index is 517. The van der Waals surface area contributed by atoms with Crippen molar-refractivity contribution >= 4 is 11.9 Å². The van der Waals surface area contributed by atoms with Gasteiger partial charge in [-0.15, -0.1) is 0 Å². The third-order valence-corrected chi connectivity index (χ3v) is 3.18. The molecule has 2 N–H and O–H groups in total. The summed E-state index contributed by atoms with van der Waals surface area (Å²) < 4.78 is 10.5. The van der Waals surface area contributed by atoms with Crippen molar-refractivity contribution < 1.29 is 24.2 Å². The summed E-state index contributed by atoms with van der Waals surface area (Å²) in [7, 11) is 0. The normalized spacial score (nSPS) is 19.9. The highest BCUT2D eigenvalue weighted by Gasteiger charge is 2.43. The molecular weight excluding hydrogens is 274 g/mol. The van der Waals surface area contributed by atoms with Crippen LogP contribution in [0.2, 0.25) is 0 Å². The molecule has 1 aliphatic rings. The van der Waals surface area contributed by atoms with Crippen LogP contribution in [0.5, 0.6) is 5.75 Å². The zero-order valence-electron chi connectivity index (χ0n) is 11.9. The third-order valence-electron chi connectivity index (χ3n) is 3.18. The quantitative estimate of drug-likeness (QED) is 0.752. The average Bonchev–Trinajstić information content (AvgIpc) is 3.23. The molecule has 21 heavy (non-hydrogen) atoms. The molecular formula is C15H19NO5. The van der Waals surface area contributed by atoms with Crippen LogP contribution in [0.3, 0.4) is 0 Å². The van der Waals surface area contributed by atoms with Gasteiger partial charge in [-0.2, -0.15) is 0 Å². The van der Waals surface area contributed by atoms with Crippen molar-refractivity contribution in [3.63, 3.8) is 0 Å². The minimum atomic E-state index is -1.02. The van der Waals surface area contributed by atoms with Crippen molar-refractivity contribution in [1.29, 1.82) is 0 Å². The molecule has 6 nitrogen and oxygen atoms in total. The first kappa shape index (κ1) is 15.3. The lowest BCUT2D eigenvalue weighted by Gasteiger charge is -2.08. The highest BCUT2D eigenvalue weighted by molar-refractivity contribution is 5.82. The molecule has 0 radical (unpaired) electrons. The number of rotatable bonds is 8. The topological polar surface area (TPSA) is 84.9 Å². The fourth-order valence-electron chi connectivity index (χ4n) is 2.06. The maximum atomic E-state index is 11.9. The highest BCUT2D eigenvalue weighted by atomic mass is 16.5. The highest BCUT2D eigenvalue weighted by Crippen LogP contribution is 2.33. The number of ether oxygens (including phenoxy) is 2. The van der Waals surface area contributed by atoms with Gasteiger partial charge in [0.1, 0.15) is 5.75 Å². The average molecular weight is 293 g/mol. The third kappa shape index (κ3) is 4.75. The number of hydrogen-bond acceptors (Lipinski definition) is 4. The molecule has 0 bridgehead atoms. The van der Waals surface area contributed by atoms with E-state index in [0.717, 1.165) is 12.0 Å². The van der Waals surface area contributed by atoms with Gasteiger partial charge >= 0.3 is 5.97 Å². The number of amides is 1. The van der Waals surface area contributed by atoms with E-state index in [1.165, 1.54) is 0 Å². The summed E-state index contributed by atoms with van der Waals surface area (Å²) in [5.41, 5.74) is 0.861. The Balaban J connectivity index is 1.79. The molecule has 1 aliphatic carbocycles. The molecule has 114 valence electrons. The van der Waals surface area contributed by atoms with E-state index in [1.807, 2.05) is 13.0 Å². The van der Waals surface area contributed by atoms with Crippen molar-refractivity contribution in [1.82, 2.24) is 5.32 Å². The molecule has 0 unspecified atom stereocenters. The molecule has 1 saturated carbocycles. The van der Waals surface area contributed by atoms with E-state index in [1.54, 1.807) is 18.2 Å². The van der Waals surface area contributed by atoms with Crippen LogP contribution in [0.15, 0.2) is 24.3 Å². The van der Waals surface area contributed by atoms with Crippen molar-refractivity contribution in [3.05, 3.63) is 29.8 Å². The van der Waals surface area contributed by atoms with E-state index >= 15 is 0 Å². The molecule has 1 aromatic carbocycles. The predicted molar refractivity (Wildman–Crippen MR) is 74.9 cm³/mol. The van der Waals surface area contributed by atoms with Gasteiger partial charge in [-0.25, -0.2) is 4.79 Å². The minimum absolute atomic E-state index is 0.00897. The van der Waals surface area contributed by atoms with Crippen LogP contribution in [-0.2, 0) is 20.9 Å². The van der Waals surface area contributed by atoms with E-state index in [4.69, 9.17) is 14.6 Å². The molecule has 0 spiro atoms. The zero-order chi connectivity index (χ0) is 15.2. The van der Waals surface area contributed by atoms with Gasteiger partial charge in [0.15, 0.2) is 6.61 Å². The van der Waals surface area contributed by atoms with Gasteiger partial charge in [0.05, 0.1) is 12.0 Å². The van der Waals surface area contributed by atoms with Gasteiger partial charge < -0.3 is 19.9 Å². The molecule has 2 atom stereocenters. The largest absolute Gasteiger partial charge is 0.482 e. The van der Waals surface area contributed by atoms with Gasteiger partial charge in [0.2, 0.25) is 5.91 Å². The van der Waals surface area contributed by atoms with Crippen LogP contribution in [0.25, 0.3) is 0 Å². The molecule has 0 saturated heterocycles.